The molecule has 23 heavy (non-hydrogen) atoms. The molecule has 0 bridgehead atoms. The van der Waals surface area contributed by atoms with E-state index in [1.54, 1.807) is 12.1 Å². The number of anilines is 1. The second-order valence-corrected chi connectivity index (χ2v) is 6.37. The first-order valence-corrected chi connectivity index (χ1v) is 8.50. The lowest BCUT2D eigenvalue weighted by Gasteiger charge is -2.15. The fourth-order valence-corrected chi connectivity index (χ4v) is 3.42. The van der Waals surface area contributed by atoms with Gasteiger partial charge < -0.3 is 10.1 Å². The Bertz CT molecular complexity index is 739. The highest BCUT2D eigenvalue weighted by molar-refractivity contribution is 7.16. The van der Waals surface area contributed by atoms with E-state index in [1.807, 2.05) is 26.0 Å². The Morgan fingerprint density at radius 2 is 1.83 bits per heavy atom. The first kappa shape index (κ1) is 17.5. The molecular weight excluding hydrogens is 334 g/mol. The Hall–Kier alpha value is -1.85. The van der Waals surface area contributed by atoms with Gasteiger partial charge in [-0.05, 0) is 42.2 Å². The molecule has 0 unspecified atom stereocenters. The number of aryl methyl sites for hydroxylation is 1. The average molecular weight is 352 g/mol. The molecule has 0 atom stereocenters. The zero-order chi connectivity index (χ0) is 17.0. The summed E-state index contributed by atoms with van der Waals surface area (Å²) in [5, 5.41) is 3.58. The van der Waals surface area contributed by atoms with Gasteiger partial charge in [0.25, 0.3) is 5.91 Å². The van der Waals surface area contributed by atoms with Crippen molar-refractivity contribution < 1.29 is 14.3 Å². The number of thiophene rings is 1. The second kappa shape index (κ2) is 7.62. The van der Waals surface area contributed by atoms with E-state index in [-0.39, 0.29) is 5.91 Å². The van der Waals surface area contributed by atoms with E-state index in [1.165, 1.54) is 7.11 Å². The molecular formula is C17H18ClNO3S. The van der Waals surface area contributed by atoms with Crippen molar-refractivity contribution in [3.8, 4) is 0 Å². The minimum absolute atomic E-state index is 0.253. The summed E-state index contributed by atoms with van der Waals surface area (Å²) in [5.74, 6) is -0.697. The topological polar surface area (TPSA) is 55.4 Å². The Kier molecular flexibility index (Phi) is 5.80. The van der Waals surface area contributed by atoms with E-state index in [0.29, 0.717) is 14.8 Å². The molecule has 0 saturated carbocycles. The molecule has 6 heteroatoms. The zero-order valence-electron chi connectivity index (χ0n) is 13.2. The zero-order valence-corrected chi connectivity index (χ0v) is 14.8. The molecule has 1 amide bonds. The molecule has 2 rings (SSSR count). The molecule has 1 aromatic heterocycles. The molecule has 0 fully saturated rings. The van der Waals surface area contributed by atoms with Crippen molar-refractivity contribution in [1.29, 1.82) is 0 Å². The first-order chi connectivity index (χ1) is 11.0. The lowest BCUT2D eigenvalue weighted by molar-refractivity contribution is 0.0606. The van der Waals surface area contributed by atoms with E-state index >= 15 is 0 Å². The number of hydrogen-bond donors (Lipinski definition) is 1. The molecule has 0 aliphatic rings. The van der Waals surface area contributed by atoms with Crippen LogP contribution in [0.5, 0.6) is 0 Å². The van der Waals surface area contributed by atoms with E-state index in [2.05, 4.69) is 10.1 Å². The predicted octanol–water partition coefficient (Wildman–Crippen LogP) is 4.57. The summed E-state index contributed by atoms with van der Waals surface area (Å²) in [6.07, 6.45) is 1.51. The van der Waals surface area contributed by atoms with Gasteiger partial charge in [-0.1, -0.05) is 31.5 Å². The van der Waals surface area contributed by atoms with Crippen LogP contribution in [-0.2, 0) is 17.6 Å². The first-order valence-electron chi connectivity index (χ1n) is 7.31. The van der Waals surface area contributed by atoms with E-state index < -0.39 is 5.97 Å². The Morgan fingerprint density at radius 3 is 2.43 bits per heavy atom. The molecule has 2 aromatic rings. The maximum absolute atomic E-state index is 12.5. The average Bonchev–Trinajstić information content (AvgIpc) is 3.04. The standard InChI is InChI=1S/C17H18ClNO3S/c1-4-10-6-7-12(18)11(5-2)15(10)19-16(20)13-8-9-14(23-13)17(21)22-3/h6-9H,4-5H2,1-3H3,(H,19,20). The molecule has 0 spiro atoms. The largest absolute Gasteiger partial charge is 0.465 e. The van der Waals surface area contributed by atoms with Crippen LogP contribution in [0.3, 0.4) is 0 Å². The summed E-state index contributed by atoms with van der Waals surface area (Å²) < 4.78 is 4.66. The highest BCUT2D eigenvalue weighted by Gasteiger charge is 2.17. The van der Waals surface area contributed by atoms with Gasteiger partial charge in [0, 0.05) is 10.7 Å². The van der Waals surface area contributed by atoms with E-state index in [4.69, 9.17) is 11.6 Å². The van der Waals surface area contributed by atoms with Gasteiger partial charge in [0.2, 0.25) is 0 Å². The van der Waals surface area contributed by atoms with Gasteiger partial charge in [-0.15, -0.1) is 11.3 Å². The van der Waals surface area contributed by atoms with E-state index in [9.17, 15) is 9.59 Å². The van der Waals surface area contributed by atoms with Crippen molar-refractivity contribution in [3.05, 3.63) is 50.2 Å². The van der Waals surface area contributed by atoms with Gasteiger partial charge in [0.15, 0.2) is 0 Å². The third-order valence-electron chi connectivity index (χ3n) is 3.53. The summed E-state index contributed by atoms with van der Waals surface area (Å²) >= 11 is 7.35. The van der Waals surface area contributed by atoms with Crippen molar-refractivity contribution in [1.82, 2.24) is 0 Å². The number of carbonyl (C=O) groups is 2. The summed E-state index contributed by atoms with van der Waals surface area (Å²) in [7, 11) is 1.31. The smallest absolute Gasteiger partial charge is 0.348 e. The summed E-state index contributed by atoms with van der Waals surface area (Å²) in [6.45, 7) is 4.02. The van der Waals surface area contributed by atoms with Crippen LogP contribution in [-0.4, -0.2) is 19.0 Å². The number of methoxy groups -OCH3 is 1. The highest BCUT2D eigenvalue weighted by Crippen LogP contribution is 2.30. The van der Waals surface area contributed by atoms with Crippen LogP contribution in [0.2, 0.25) is 5.02 Å². The predicted molar refractivity (Wildman–Crippen MR) is 93.8 cm³/mol. The Morgan fingerprint density at radius 1 is 1.13 bits per heavy atom. The van der Waals surface area contributed by atoms with Crippen molar-refractivity contribution in [2.45, 2.75) is 26.7 Å². The minimum atomic E-state index is -0.444. The molecule has 1 N–H and O–H groups in total. The summed E-state index contributed by atoms with van der Waals surface area (Å²) in [6, 6.07) is 6.99. The monoisotopic (exact) mass is 351 g/mol. The number of rotatable bonds is 5. The number of halogens is 1. The maximum Gasteiger partial charge on any atom is 0.348 e. The molecule has 1 heterocycles. The van der Waals surface area contributed by atoms with E-state index in [0.717, 1.165) is 41.0 Å². The van der Waals surface area contributed by atoms with Crippen molar-refractivity contribution in [2.24, 2.45) is 0 Å². The lowest BCUT2D eigenvalue weighted by Crippen LogP contribution is -2.14. The quantitative estimate of drug-likeness (QED) is 0.803. The minimum Gasteiger partial charge on any atom is -0.465 e. The van der Waals surface area contributed by atoms with Crippen LogP contribution in [0, 0.1) is 0 Å². The SMILES string of the molecule is CCc1ccc(Cl)c(CC)c1NC(=O)c1ccc(C(=O)OC)s1. The van der Waals surface area contributed by atoms with Crippen LogP contribution in [0.25, 0.3) is 0 Å². The molecule has 1 aromatic carbocycles. The highest BCUT2D eigenvalue weighted by atomic mass is 35.5. The maximum atomic E-state index is 12.5. The number of ether oxygens (including phenoxy) is 1. The fourth-order valence-electron chi connectivity index (χ4n) is 2.31. The van der Waals surface area contributed by atoms with Gasteiger partial charge >= 0.3 is 5.97 Å². The molecule has 0 radical (unpaired) electrons. The summed E-state index contributed by atoms with van der Waals surface area (Å²) in [5.41, 5.74) is 2.72. The van der Waals surface area contributed by atoms with Crippen molar-refractivity contribution in [2.75, 3.05) is 12.4 Å². The van der Waals surface area contributed by atoms with Gasteiger partial charge in [0.05, 0.1) is 12.0 Å². The lowest BCUT2D eigenvalue weighted by atomic mass is 10.0. The van der Waals surface area contributed by atoms with Gasteiger partial charge in [-0.2, -0.15) is 0 Å². The number of benzene rings is 1. The van der Waals surface area contributed by atoms with Crippen LogP contribution in [0.15, 0.2) is 24.3 Å². The van der Waals surface area contributed by atoms with Crippen molar-refractivity contribution in [3.63, 3.8) is 0 Å². The normalized spacial score (nSPS) is 10.4. The van der Waals surface area contributed by atoms with Crippen molar-refractivity contribution >= 4 is 40.5 Å². The molecule has 0 aliphatic heterocycles. The van der Waals surface area contributed by atoms with Crippen LogP contribution >= 0.6 is 22.9 Å². The Balaban J connectivity index is 2.31. The van der Waals surface area contributed by atoms with Gasteiger partial charge in [0.1, 0.15) is 4.88 Å². The Labute approximate surface area is 144 Å². The molecule has 0 aliphatic carbocycles. The number of amides is 1. The fraction of sp³-hybridized carbons (Fsp3) is 0.294. The second-order valence-electron chi connectivity index (χ2n) is 4.88. The van der Waals surface area contributed by atoms with Crippen LogP contribution in [0.1, 0.15) is 44.3 Å². The number of esters is 1. The molecule has 122 valence electrons. The third-order valence-corrected chi connectivity index (χ3v) is 4.95. The number of carbonyl (C=O) groups excluding carboxylic acids is 2. The third kappa shape index (κ3) is 3.74. The molecule has 4 nitrogen and oxygen atoms in total. The summed E-state index contributed by atoms with van der Waals surface area (Å²) in [4.78, 5) is 24.8. The van der Waals surface area contributed by atoms with Gasteiger partial charge in [-0.3, -0.25) is 4.79 Å². The van der Waals surface area contributed by atoms with Crippen LogP contribution in [0.4, 0.5) is 5.69 Å². The number of hydrogen-bond acceptors (Lipinski definition) is 4. The molecule has 0 saturated heterocycles. The number of nitrogens with one attached hydrogen (secondary N) is 1. The van der Waals surface area contributed by atoms with Crippen LogP contribution < -0.4 is 5.32 Å². The van der Waals surface area contributed by atoms with Gasteiger partial charge in [-0.25, -0.2) is 4.79 Å².